The van der Waals surface area contributed by atoms with Gasteiger partial charge in [-0.3, -0.25) is 9.10 Å². The first-order valence-electron chi connectivity index (χ1n) is 12.3. The van der Waals surface area contributed by atoms with Crippen molar-refractivity contribution >= 4 is 27.1 Å². The molecule has 0 spiro atoms. The van der Waals surface area contributed by atoms with E-state index in [1.807, 2.05) is 61.5 Å². The predicted molar refractivity (Wildman–Crippen MR) is 145 cm³/mol. The molecule has 1 amide bonds. The molecular formula is C28H30N4O4S. The van der Waals surface area contributed by atoms with Gasteiger partial charge in [0.15, 0.2) is 0 Å². The number of ether oxygens (including phenoxy) is 1. The fraction of sp³-hybridized carbons (Fsp3) is 0.286. The second-order valence-corrected chi connectivity index (χ2v) is 11.5. The van der Waals surface area contributed by atoms with Crippen LogP contribution in [0.5, 0.6) is 11.5 Å². The normalized spacial score (nSPS) is 15.8. The third kappa shape index (κ3) is 4.79. The first kappa shape index (κ1) is 24.8. The molecule has 1 unspecified atom stereocenters. The predicted octanol–water partition coefficient (Wildman–Crippen LogP) is 5.12. The van der Waals surface area contributed by atoms with Gasteiger partial charge in [0.05, 0.1) is 29.2 Å². The van der Waals surface area contributed by atoms with E-state index in [9.17, 15) is 13.2 Å². The van der Waals surface area contributed by atoms with Gasteiger partial charge < -0.3 is 10.1 Å². The molecule has 37 heavy (non-hydrogen) atoms. The number of nitrogens with one attached hydrogen (secondary N) is 1. The Bertz CT molecular complexity index is 1590. The molecular weight excluding hydrogens is 488 g/mol. The lowest BCUT2D eigenvalue weighted by atomic mass is 9.96. The number of carbonyl (C=O) groups excluding carboxylic acids is 1. The average Bonchev–Trinajstić information content (AvgIpc) is 3.14. The van der Waals surface area contributed by atoms with Gasteiger partial charge in [-0.05, 0) is 79.3 Å². The topological polar surface area (TPSA) is 93.0 Å². The third-order valence-corrected chi connectivity index (χ3v) is 7.97. The Morgan fingerprint density at radius 3 is 2.54 bits per heavy atom. The van der Waals surface area contributed by atoms with Crippen molar-refractivity contribution in [2.75, 3.05) is 24.2 Å². The number of benzene rings is 2. The van der Waals surface area contributed by atoms with Gasteiger partial charge in [-0.25, -0.2) is 12.9 Å². The van der Waals surface area contributed by atoms with Crippen molar-refractivity contribution in [1.29, 1.82) is 0 Å². The minimum atomic E-state index is -3.47. The van der Waals surface area contributed by atoms with Crippen LogP contribution in [0.4, 0.5) is 5.69 Å². The lowest BCUT2D eigenvalue weighted by Gasteiger charge is -2.23. The summed E-state index contributed by atoms with van der Waals surface area (Å²) >= 11 is 0. The average molecular weight is 519 g/mol. The Hall–Kier alpha value is -3.85. The van der Waals surface area contributed by atoms with E-state index >= 15 is 0 Å². The van der Waals surface area contributed by atoms with Crippen LogP contribution in [-0.2, 0) is 10.0 Å². The second kappa shape index (κ2) is 9.55. The summed E-state index contributed by atoms with van der Waals surface area (Å²) in [6, 6.07) is 17.2. The fourth-order valence-corrected chi connectivity index (χ4v) is 5.88. The van der Waals surface area contributed by atoms with Gasteiger partial charge in [0.2, 0.25) is 10.0 Å². The number of rotatable bonds is 5. The van der Waals surface area contributed by atoms with E-state index in [-0.39, 0.29) is 11.8 Å². The summed E-state index contributed by atoms with van der Waals surface area (Å²) in [5, 5.41) is 7.48. The van der Waals surface area contributed by atoms with Gasteiger partial charge >= 0.3 is 0 Å². The second-order valence-electron chi connectivity index (χ2n) is 9.57. The Labute approximate surface area is 216 Å². The first-order valence-corrected chi connectivity index (χ1v) is 14.1. The summed E-state index contributed by atoms with van der Waals surface area (Å²) in [6.07, 6.45) is 4.57. The molecule has 1 aliphatic rings. The Morgan fingerprint density at radius 1 is 1.11 bits per heavy atom. The van der Waals surface area contributed by atoms with Crippen LogP contribution < -0.4 is 14.4 Å². The van der Waals surface area contributed by atoms with Crippen LogP contribution in [0.25, 0.3) is 16.8 Å². The number of pyridine rings is 1. The molecule has 0 saturated carbocycles. The van der Waals surface area contributed by atoms with E-state index in [4.69, 9.17) is 9.84 Å². The Balaban J connectivity index is 1.62. The molecule has 8 nitrogen and oxygen atoms in total. The number of anilines is 1. The van der Waals surface area contributed by atoms with Crippen LogP contribution in [0.2, 0.25) is 0 Å². The number of aryl methyl sites for hydroxylation is 1. The third-order valence-electron chi connectivity index (χ3n) is 6.79. The molecule has 5 rings (SSSR count). The van der Waals surface area contributed by atoms with Crippen LogP contribution in [0.1, 0.15) is 47.2 Å². The number of aromatic nitrogens is 2. The highest BCUT2D eigenvalue weighted by Crippen LogP contribution is 2.38. The van der Waals surface area contributed by atoms with Crippen LogP contribution in [0.3, 0.4) is 0 Å². The summed E-state index contributed by atoms with van der Waals surface area (Å²) in [7, 11) is -1.88. The molecule has 1 atom stereocenters. The number of carbonyl (C=O) groups is 1. The number of sulfonamides is 1. The van der Waals surface area contributed by atoms with Crippen LogP contribution in [0.15, 0.2) is 60.8 Å². The summed E-state index contributed by atoms with van der Waals surface area (Å²) in [4.78, 5) is 13.1. The Kier molecular flexibility index (Phi) is 6.41. The maximum atomic E-state index is 13.1. The summed E-state index contributed by atoms with van der Waals surface area (Å²) in [5.74, 6) is 1.30. The first-order chi connectivity index (χ1) is 17.7. The molecule has 0 bridgehead atoms. The largest absolute Gasteiger partial charge is 0.457 e. The zero-order valence-corrected chi connectivity index (χ0v) is 22.2. The molecule has 192 valence electrons. The monoisotopic (exact) mass is 518 g/mol. The zero-order valence-electron chi connectivity index (χ0n) is 21.4. The molecule has 9 heteroatoms. The van der Waals surface area contributed by atoms with Crippen LogP contribution in [0, 0.1) is 6.92 Å². The standard InChI is InChI=1S/C28H30N4O4S/c1-18-7-5-9-22(15-18)36-21-12-10-20(11-13-21)27-26(28(33)29-3)24-16-23-19(2)8-6-14-32(37(4,34)35)25(23)17-31(24)30-27/h5,7,9-13,15-17,19H,6,8,14H2,1-4H3,(H,29,33). The summed E-state index contributed by atoms with van der Waals surface area (Å²) in [6.45, 7) is 4.51. The minimum absolute atomic E-state index is 0.140. The number of hydrogen-bond donors (Lipinski definition) is 1. The minimum Gasteiger partial charge on any atom is -0.457 e. The maximum Gasteiger partial charge on any atom is 0.255 e. The van der Waals surface area contributed by atoms with Crippen molar-refractivity contribution in [1.82, 2.24) is 14.9 Å². The van der Waals surface area contributed by atoms with E-state index < -0.39 is 10.0 Å². The van der Waals surface area contributed by atoms with E-state index in [2.05, 4.69) is 12.2 Å². The van der Waals surface area contributed by atoms with Crippen molar-refractivity contribution < 1.29 is 17.9 Å². The molecule has 1 N–H and O–H groups in total. The molecule has 2 aromatic heterocycles. The fourth-order valence-electron chi connectivity index (χ4n) is 4.91. The highest BCUT2D eigenvalue weighted by Gasteiger charge is 2.29. The number of amides is 1. The van der Waals surface area contributed by atoms with E-state index in [1.54, 1.807) is 17.8 Å². The quantitative estimate of drug-likeness (QED) is 0.396. The zero-order chi connectivity index (χ0) is 26.3. The van der Waals surface area contributed by atoms with Crippen LogP contribution >= 0.6 is 0 Å². The number of fused-ring (bicyclic) bond motifs is 2. The number of nitrogens with zero attached hydrogens (tertiary/aromatic N) is 3. The van der Waals surface area contributed by atoms with Gasteiger partial charge in [-0.2, -0.15) is 5.10 Å². The van der Waals surface area contributed by atoms with Crippen molar-refractivity contribution in [3.63, 3.8) is 0 Å². The van der Waals surface area contributed by atoms with Gasteiger partial charge in [-0.15, -0.1) is 0 Å². The van der Waals surface area contributed by atoms with E-state index in [0.717, 1.165) is 35.3 Å². The molecule has 0 saturated heterocycles. The number of hydrogen-bond acceptors (Lipinski definition) is 5. The lowest BCUT2D eigenvalue weighted by molar-refractivity contribution is 0.0965. The lowest BCUT2D eigenvalue weighted by Crippen LogP contribution is -2.31. The van der Waals surface area contributed by atoms with Gasteiger partial charge in [-0.1, -0.05) is 19.1 Å². The smallest absolute Gasteiger partial charge is 0.255 e. The highest BCUT2D eigenvalue weighted by molar-refractivity contribution is 7.92. The molecule has 2 aromatic carbocycles. The van der Waals surface area contributed by atoms with Crippen LogP contribution in [-0.4, -0.2) is 43.8 Å². The SMILES string of the molecule is CNC(=O)c1c(-c2ccc(Oc3cccc(C)c3)cc2)nn2cc3c(cc12)C(C)CCCN3S(C)(=O)=O. The van der Waals surface area contributed by atoms with Crippen molar-refractivity contribution in [2.45, 2.75) is 32.6 Å². The molecule has 0 fully saturated rings. The van der Waals surface area contributed by atoms with Gasteiger partial charge in [0.25, 0.3) is 5.91 Å². The molecule has 4 aromatic rings. The summed E-state index contributed by atoms with van der Waals surface area (Å²) in [5.41, 5.74) is 4.96. The maximum absolute atomic E-state index is 13.1. The molecule has 0 aliphatic carbocycles. The Morgan fingerprint density at radius 2 is 1.86 bits per heavy atom. The van der Waals surface area contributed by atoms with Crippen molar-refractivity contribution in [3.8, 4) is 22.8 Å². The molecule has 0 radical (unpaired) electrons. The summed E-state index contributed by atoms with van der Waals surface area (Å²) < 4.78 is 34.2. The van der Waals surface area contributed by atoms with Gasteiger partial charge in [0, 0.05) is 19.2 Å². The van der Waals surface area contributed by atoms with E-state index in [0.29, 0.717) is 34.8 Å². The molecule has 1 aliphatic heterocycles. The van der Waals surface area contributed by atoms with Crippen molar-refractivity contribution in [3.05, 3.63) is 77.5 Å². The molecule has 3 heterocycles. The highest BCUT2D eigenvalue weighted by atomic mass is 32.2. The van der Waals surface area contributed by atoms with Crippen molar-refractivity contribution in [2.24, 2.45) is 0 Å². The van der Waals surface area contributed by atoms with E-state index in [1.165, 1.54) is 10.6 Å². The van der Waals surface area contributed by atoms with Gasteiger partial charge in [0.1, 0.15) is 17.2 Å².